The molecule has 4 nitrogen and oxygen atoms in total. The molecular formula is C13H18N2O2S. The van der Waals surface area contributed by atoms with Gasteiger partial charge in [0.25, 0.3) is 0 Å². The summed E-state index contributed by atoms with van der Waals surface area (Å²) in [7, 11) is 0. The van der Waals surface area contributed by atoms with Crippen molar-refractivity contribution >= 4 is 22.4 Å². The first-order valence-corrected chi connectivity index (χ1v) is 7.49. The Morgan fingerprint density at radius 2 is 2.17 bits per heavy atom. The van der Waals surface area contributed by atoms with Crippen LogP contribution in [0.2, 0.25) is 0 Å². The lowest BCUT2D eigenvalue weighted by Gasteiger charge is -2.33. The molecule has 1 unspecified atom stereocenters. The van der Waals surface area contributed by atoms with Crippen LogP contribution in [0.3, 0.4) is 0 Å². The van der Waals surface area contributed by atoms with Gasteiger partial charge in [0.1, 0.15) is 4.88 Å². The third kappa shape index (κ3) is 2.11. The summed E-state index contributed by atoms with van der Waals surface area (Å²) < 4.78 is 0. The lowest BCUT2D eigenvalue weighted by molar-refractivity contribution is 0.0700. The number of rotatable bonds is 3. The van der Waals surface area contributed by atoms with E-state index in [1.807, 2.05) is 0 Å². The lowest BCUT2D eigenvalue weighted by atomic mass is 10.0. The second-order valence-electron chi connectivity index (χ2n) is 5.33. The van der Waals surface area contributed by atoms with Crippen LogP contribution in [0.25, 0.3) is 0 Å². The van der Waals surface area contributed by atoms with E-state index in [9.17, 15) is 9.90 Å². The smallest absolute Gasteiger partial charge is 0.347 e. The number of aromatic carboxylic acids is 1. The van der Waals surface area contributed by atoms with Gasteiger partial charge in [-0.3, -0.25) is 0 Å². The van der Waals surface area contributed by atoms with E-state index in [-0.39, 0.29) is 0 Å². The zero-order valence-electron chi connectivity index (χ0n) is 10.6. The van der Waals surface area contributed by atoms with Crippen LogP contribution in [-0.2, 0) is 0 Å². The SMILES string of the molecule is CC1CCCCN1c1nc(C2CC2)c(C(=O)O)s1. The quantitative estimate of drug-likeness (QED) is 0.913. The van der Waals surface area contributed by atoms with Crippen molar-refractivity contribution in [2.75, 3.05) is 11.4 Å². The summed E-state index contributed by atoms with van der Waals surface area (Å²) in [6.07, 6.45) is 5.83. The molecule has 2 heterocycles. The van der Waals surface area contributed by atoms with E-state index in [0.29, 0.717) is 16.8 Å². The van der Waals surface area contributed by atoms with Crippen molar-refractivity contribution in [3.05, 3.63) is 10.6 Å². The zero-order valence-corrected chi connectivity index (χ0v) is 11.4. The number of hydrogen-bond donors (Lipinski definition) is 1. The van der Waals surface area contributed by atoms with Gasteiger partial charge in [0, 0.05) is 18.5 Å². The number of piperidine rings is 1. The average Bonchev–Trinajstić information content (AvgIpc) is 3.09. The number of aromatic nitrogens is 1. The molecular weight excluding hydrogens is 248 g/mol. The van der Waals surface area contributed by atoms with E-state index >= 15 is 0 Å². The largest absolute Gasteiger partial charge is 0.477 e. The van der Waals surface area contributed by atoms with E-state index in [1.165, 1.54) is 30.6 Å². The molecule has 0 aromatic carbocycles. The molecule has 1 aliphatic carbocycles. The summed E-state index contributed by atoms with van der Waals surface area (Å²) in [5, 5.41) is 10.2. The highest BCUT2D eigenvalue weighted by Crippen LogP contribution is 2.44. The molecule has 5 heteroatoms. The Labute approximate surface area is 111 Å². The fourth-order valence-corrected chi connectivity index (χ4v) is 3.73. The highest BCUT2D eigenvalue weighted by Gasteiger charge is 2.33. The summed E-state index contributed by atoms with van der Waals surface area (Å²) in [6, 6.07) is 0.485. The molecule has 0 radical (unpaired) electrons. The summed E-state index contributed by atoms with van der Waals surface area (Å²) in [5.74, 6) is -0.411. The van der Waals surface area contributed by atoms with Gasteiger partial charge in [-0.15, -0.1) is 0 Å². The normalized spacial score (nSPS) is 24.3. The summed E-state index contributed by atoms with van der Waals surface area (Å²) >= 11 is 1.36. The molecule has 1 aromatic rings. The Hall–Kier alpha value is -1.10. The van der Waals surface area contributed by atoms with Crippen molar-refractivity contribution in [3.8, 4) is 0 Å². The third-order valence-electron chi connectivity index (χ3n) is 3.85. The highest BCUT2D eigenvalue weighted by atomic mass is 32.1. The average molecular weight is 266 g/mol. The third-order valence-corrected chi connectivity index (χ3v) is 4.95. The van der Waals surface area contributed by atoms with Crippen LogP contribution >= 0.6 is 11.3 Å². The molecule has 0 amide bonds. The minimum absolute atomic E-state index is 0.404. The first-order chi connectivity index (χ1) is 8.66. The molecule has 1 saturated carbocycles. The number of nitrogens with zero attached hydrogens (tertiary/aromatic N) is 2. The Morgan fingerprint density at radius 1 is 1.39 bits per heavy atom. The highest BCUT2D eigenvalue weighted by molar-refractivity contribution is 7.17. The van der Waals surface area contributed by atoms with Crippen molar-refractivity contribution in [1.29, 1.82) is 0 Å². The van der Waals surface area contributed by atoms with Gasteiger partial charge >= 0.3 is 5.97 Å². The van der Waals surface area contributed by atoms with Crippen LogP contribution in [-0.4, -0.2) is 28.6 Å². The van der Waals surface area contributed by atoms with Crippen LogP contribution in [0.1, 0.15) is 60.3 Å². The number of anilines is 1. The molecule has 2 fully saturated rings. The Kier molecular flexibility index (Phi) is 3.01. The maximum absolute atomic E-state index is 11.3. The second-order valence-corrected chi connectivity index (χ2v) is 6.31. The van der Waals surface area contributed by atoms with Crippen molar-refractivity contribution in [3.63, 3.8) is 0 Å². The molecule has 2 aliphatic rings. The molecule has 18 heavy (non-hydrogen) atoms. The number of hydrogen-bond acceptors (Lipinski definition) is 4. The summed E-state index contributed by atoms with van der Waals surface area (Å²) in [5.41, 5.74) is 0.834. The molecule has 1 aromatic heterocycles. The predicted molar refractivity (Wildman–Crippen MR) is 71.7 cm³/mol. The summed E-state index contributed by atoms with van der Waals surface area (Å²) in [6.45, 7) is 3.22. The van der Waals surface area contributed by atoms with Gasteiger partial charge in [-0.1, -0.05) is 11.3 Å². The number of carboxylic acid groups (broad SMARTS) is 1. The predicted octanol–water partition coefficient (Wildman–Crippen LogP) is 3.10. The van der Waals surface area contributed by atoms with E-state index < -0.39 is 5.97 Å². The van der Waals surface area contributed by atoms with Gasteiger partial charge in [0.05, 0.1) is 5.69 Å². The first kappa shape index (κ1) is 12.0. The van der Waals surface area contributed by atoms with Crippen LogP contribution in [0.5, 0.6) is 0 Å². The van der Waals surface area contributed by atoms with Gasteiger partial charge in [0.15, 0.2) is 5.13 Å². The molecule has 98 valence electrons. The standard InChI is InChI=1S/C13H18N2O2S/c1-8-4-2-3-7-15(8)13-14-10(9-5-6-9)11(18-13)12(16)17/h8-9H,2-7H2,1H3,(H,16,17). The number of carboxylic acids is 1. The minimum Gasteiger partial charge on any atom is -0.477 e. The van der Waals surface area contributed by atoms with Crippen LogP contribution in [0, 0.1) is 0 Å². The number of carbonyl (C=O) groups is 1. The molecule has 0 spiro atoms. The van der Waals surface area contributed by atoms with E-state index in [4.69, 9.17) is 0 Å². The first-order valence-electron chi connectivity index (χ1n) is 6.67. The maximum Gasteiger partial charge on any atom is 0.347 e. The Bertz CT molecular complexity index is 468. The Morgan fingerprint density at radius 3 is 2.78 bits per heavy atom. The van der Waals surface area contributed by atoms with Crippen LogP contribution in [0.15, 0.2) is 0 Å². The van der Waals surface area contributed by atoms with Gasteiger partial charge < -0.3 is 10.0 Å². The van der Waals surface area contributed by atoms with E-state index in [2.05, 4.69) is 16.8 Å². The van der Waals surface area contributed by atoms with Gasteiger partial charge in [-0.05, 0) is 39.0 Å². The van der Waals surface area contributed by atoms with Crippen LogP contribution < -0.4 is 4.90 Å². The van der Waals surface area contributed by atoms with Crippen molar-refractivity contribution in [2.24, 2.45) is 0 Å². The van der Waals surface area contributed by atoms with Crippen molar-refractivity contribution < 1.29 is 9.90 Å². The summed E-state index contributed by atoms with van der Waals surface area (Å²) in [4.78, 5) is 18.7. The van der Waals surface area contributed by atoms with Gasteiger partial charge in [0.2, 0.25) is 0 Å². The molecule has 1 atom stereocenters. The fraction of sp³-hybridized carbons (Fsp3) is 0.692. The second kappa shape index (κ2) is 4.53. The van der Waals surface area contributed by atoms with Crippen LogP contribution in [0.4, 0.5) is 5.13 Å². The topological polar surface area (TPSA) is 53.4 Å². The number of thiazole rings is 1. The molecule has 1 aliphatic heterocycles. The van der Waals surface area contributed by atoms with Gasteiger partial charge in [-0.25, -0.2) is 9.78 Å². The molecule has 0 bridgehead atoms. The zero-order chi connectivity index (χ0) is 12.7. The molecule has 1 N–H and O–H groups in total. The van der Waals surface area contributed by atoms with Crippen molar-refractivity contribution in [2.45, 2.75) is 51.0 Å². The van der Waals surface area contributed by atoms with E-state index in [0.717, 1.165) is 30.2 Å². The maximum atomic E-state index is 11.3. The molecule has 3 rings (SSSR count). The van der Waals surface area contributed by atoms with E-state index in [1.54, 1.807) is 0 Å². The fourth-order valence-electron chi connectivity index (χ4n) is 2.61. The Balaban J connectivity index is 1.92. The lowest BCUT2D eigenvalue weighted by Crippen LogP contribution is -2.37. The van der Waals surface area contributed by atoms with Crippen molar-refractivity contribution in [1.82, 2.24) is 4.98 Å². The molecule has 1 saturated heterocycles. The van der Waals surface area contributed by atoms with Gasteiger partial charge in [-0.2, -0.15) is 0 Å². The minimum atomic E-state index is -0.815. The monoisotopic (exact) mass is 266 g/mol.